The molecular weight excluding hydrogens is 315 g/mol. The Kier molecular flexibility index (Phi) is 4.59. The normalized spacial score (nSPS) is 12.6. The van der Waals surface area contributed by atoms with Crippen LogP contribution in [0.25, 0.3) is 0 Å². The molecule has 0 unspecified atom stereocenters. The van der Waals surface area contributed by atoms with Gasteiger partial charge in [-0.15, -0.1) is 0 Å². The summed E-state index contributed by atoms with van der Waals surface area (Å²) in [6, 6.07) is 0.0969. The van der Waals surface area contributed by atoms with Crippen LogP contribution in [0.5, 0.6) is 0 Å². The minimum atomic E-state index is -4.98. The van der Waals surface area contributed by atoms with E-state index in [-0.39, 0.29) is 12.3 Å². The summed E-state index contributed by atoms with van der Waals surface area (Å²) in [6.07, 6.45) is -8.85. The van der Waals surface area contributed by atoms with Gasteiger partial charge >= 0.3 is 24.2 Å². The van der Waals surface area contributed by atoms with Crippen molar-refractivity contribution >= 4 is 11.4 Å². The maximum Gasteiger partial charge on any atom is 0.433 e. The van der Waals surface area contributed by atoms with Gasteiger partial charge in [0.25, 0.3) is 0 Å². The van der Waals surface area contributed by atoms with Crippen LogP contribution in [-0.2, 0) is 6.18 Å². The van der Waals surface area contributed by atoms with Crippen LogP contribution in [0.3, 0.4) is 0 Å². The van der Waals surface area contributed by atoms with Crippen LogP contribution in [-0.4, -0.2) is 28.8 Å². The molecule has 1 aromatic heterocycles. The van der Waals surface area contributed by atoms with Crippen LogP contribution in [0.2, 0.25) is 0 Å². The fourth-order valence-electron chi connectivity index (χ4n) is 1.18. The van der Waals surface area contributed by atoms with E-state index < -0.39 is 47.1 Å². The van der Waals surface area contributed by atoms with E-state index in [1.807, 2.05) is 0 Å². The lowest BCUT2D eigenvalue weighted by Crippen LogP contribution is -2.35. The van der Waals surface area contributed by atoms with Gasteiger partial charge in [0.1, 0.15) is 17.6 Å². The zero-order valence-electron chi connectivity index (χ0n) is 9.80. The highest BCUT2D eigenvalue weighted by atomic mass is 19.4. The number of aromatic nitrogens is 1. The summed E-state index contributed by atoms with van der Waals surface area (Å²) < 4.78 is 86.3. The number of pyridine rings is 1. The summed E-state index contributed by atoms with van der Waals surface area (Å²) in [6.45, 7) is -1.77. The van der Waals surface area contributed by atoms with Crippen molar-refractivity contribution < 1.29 is 35.7 Å². The number of nitrogens with one attached hydrogen (secondary N) is 1. The Morgan fingerprint density at radius 2 is 1.86 bits per heavy atom. The van der Waals surface area contributed by atoms with Gasteiger partial charge < -0.3 is 5.32 Å². The van der Waals surface area contributed by atoms with Crippen molar-refractivity contribution in [2.45, 2.75) is 18.5 Å². The van der Waals surface area contributed by atoms with E-state index in [0.717, 1.165) is 0 Å². The first-order chi connectivity index (χ1) is 9.45. The van der Waals surface area contributed by atoms with Gasteiger partial charge in [-0.2, -0.15) is 22.0 Å². The van der Waals surface area contributed by atoms with Crippen molar-refractivity contribution in [3.05, 3.63) is 28.1 Å². The summed E-state index contributed by atoms with van der Waals surface area (Å²) in [7, 11) is 0. The number of hydrogen-bond donors (Lipinski definition) is 1. The predicted molar refractivity (Wildman–Crippen MR) is 55.3 cm³/mol. The van der Waals surface area contributed by atoms with Gasteiger partial charge in [-0.1, -0.05) is 0 Å². The molecule has 0 aliphatic heterocycles. The third-order valence-corrected chi connectivity index (χ3v) is 2.20. The number of nitro groups is 1. The summed E-state index contributed by atoms with van der Waals surface area (Å²) in [5, 5.41) is 12.1. The van der Waals surface area contributed by atoms with Crippen molar-refractivity contribution in [1.29, 1.82) is 0 Å². The molecule has 1 aromatic rings. The van der Waals surface area contributed by atoms with Crippen molar-refractivity contribution in [2.24, 2.45) is 0 Å². The van der Waals surface area contributed by atoms with Gasteiger partial charge in [-0.25, -0.2) is 13.8 Å². The average Bonchev–Trinajstić information content (AvgIpc) is 2.34. The lowest BCUT2D eigenvalue weighted by molar-refractivity contribution is -0.384. The van der Waals surface area contributed by atoms with Crippen LogP contribution in [0, 0.1) is 10.1 Å². The molecule has 0 saturated carbocycles. The second-order valence-electron chi connectivity index (χ2n) is 3.76. The largest absolute Gasteiger partial charge is 0.433 e. The van der Waals surface area contributed by atoms with Crippen LogP contribution in [0.15, 0.2) is 12.3 Å². The van der Waals surface area contributed by atoms with Crippen LogP contribution < -0.4 is 5.32 Å². The van der Waals surface area contributed by atoms with Gasteiger partial charge in [-0.3, -0.25) is 10.1 Å². The van der Waals surface area contributed by atoms with Crippen LogP contribution >= 0.6 is 0 Å². The summed E-state index contributed by atoms with van der Waals surface area (Å²) in [5.41, 5.74) is -3.62. The molecule has 0 fully saturated rings. The molecule has 0 radical (unpaired) electrons. The lowest BCUT2D eigenvalue weighted by atomic mass is 10.2. The maximum atomic E-state index is 12.7. The predicted octanol–water partition coefficient (Wildman–Crippen LogP) is 3.32. The highest BCUT2D eigenvalue weighted by Gasteiger charge is 2.41. The summed E-state index contributed by atoms with van der Waals surface area (Å²) >= 11 is 0. The summed E-state index contributed by atoms with van der Waals surface area (Å²) in [4.78, 5) is 12.1. The Morgan fingerprint density at radius 3 is 2.29 bits per heavy atom. The van der Waals surface area contributed by atoms with Gasteiger partial charge in [-0.05, 0) is 6.07 Å². The van der Waals surface area contributed by atoms with Gasteiger partial charge in [0.05, 0.1) is 11.5 Å². The van der Waals surface area contributed by atoms with Gasteiger partial charge in [0, 0.05) is 0 Å². The molecule has 0 aliphatic carbocycles. The minimum absolute atomic E-state index is 0.0969. The molecule has 0 saturated heterocycles. The number of anilines is 1. The zero-order chi connectivity index (χ0) is 16.4. The lowest BCUT2D eigenvalue weighted by Gasteiger charge is -2.17. The van der Waals surface area contributed by atoms with E-state index in [4.69, 9.17) is 0 Å². The van der Waals surface area contributed by atoms with Crippen LogP contribution in [0.1, 0.15) is 5.69 Å². The molecule has 1 heterocycles. The Hall–Kier alpha value is -2.14. The number of nitrogens with zero attached hydrogens (tertiary/aromatic N) is 2. The molecule has 0 spiro atoms. The molecule has 0 amide bonds. The molecular formula is C9H6F7N3O2. The highest BCUT2D eigenvalue weighted by Crippen LogP contribution is 2.33. The van der Waals surface area contributed by atoms with E-state index in [0.29, 0.717) is 0 Å². The Labute approximate surface area is 111 Å². The molecule has 0 aromatic carbocycles. The molecule has 0 atom stereocenters. The topological polar surface area (TPSA) is 68.1 Å². The van der Waals surface area contributed by atoms with Crippen molar-refractivity contribution in [3.63, 3.8) is 0 Å². The second kappa shape index (κ2) is 5.69. The number of halogens is 7. The van der Waals surface area contributed by atoms with Gasteiger partial charge in [0.15, 0.2) is 0 Å². The SMILES string of the molecule is O=[N+]([O-])c1cnc(C(F)(F)F)cc1NCC(F)(F)C(F)F. The maximum absolute atomic E-state index is 12.7. The number of hydrogen-bond acceptors (Lipinski definition) is 4. The third-order valence-electron chi connectivity index (χ3n) is 2.20. The molecule has 118 valence electrons. The fourth-order valence-corrected chi connectivity index (χ4v) is 1.18. The standard InChI is InChI=1S/C9H6F7N3O2/c10-7(11)8(12,13)3-18-4-1-6(9(14,15)16)17-2-5(4)19(20)21/h1-2,7H,3H2,(H,17,18). The monoisotopic (exact) mass is 321 g/mol. The van der Waals surface area contributed by atoms with E-state index in [1.54, 1.807) is 0 Å². The minimum Gasteiger partial charge on any atom is -0.373 e. The van der Waals surface area contributed by atoms with Gasteiger partial charge in [0.2, 0.25) is 0 Å². The molecule has 0 bridgehead atoms. The fraction of sp³-hybridized carbons (Fsp3) is 0.444. The Balaban J connectivity index is 3.11. The molecule has 5 nitrogen and oxygen atoms in total. The second-order valence-corrected chi connectivity index (χ2v) is 3.76. The molecule has 21 heavy (non-hydrogen) atoms. The zero-order valence-corrected chi connectivity index (χ0v) is 9.80. The van der Waals surface area contributed by atoms with Crippen molar-refractivity contribution in [2.75, 3.05) is 11.9 Å². The first-order valence-electron chi connectivity index (χ1n) is 5.06. The van der Waals surface area contributed by atoms with Crippen molar-refractivity contribution in [3.8, 4) is 0 Å². The van der Waals surface area contributed by atoms with Crippen molar-refractivity contribution in [1.82, 2.24) is 4.98 Å². The highest BCUT2D eigenvalue weighted by molar-refractivity contribution is 5.61. The molecule has 12 heteroatoms. The van der Waals surface area contributed by atoms with Crippen LogP contribution in [0.4, 0.5) is 42.1 Å². The average molecular weight is 321 g/mol. The molecule has 0 aliphatic rings. The third kappa shape index (κ3) is 4.16. The van der Waals surface area contributed by atoms with E-state index in [2.05, 4.69) is 4.98 Å². The smallest absolute Gasteiger partial charge is 0.373 e. The number of rotatable bonds is 5. The quantitative estimate of drug-likeness (QED) is 0.513. The van der Waals surface area contributed by atoms with E-state index >= 15 is 0 Å². The van der Waals surface area contributed by atoms with E-state index in [9.17, 15) is 40.8 Å². The Morgan fingerprint density at radius 1 is 1.29 bits per heavy atom. The first-order valence-corrected chi connectivity index (χ1v) is 5.06. The molecule has 1 rings (SSSR count). The molecule has 1 N–H and O–H groups in total. The first kappa shape index (κ1) is 16.9. The number of alkyl halides is 7. The Bertz CT molecular complexity index is 533. The van der Waals surface area contributed by atoms with E-state index in [1.165, 1.54) is 5.32 Å². The summed E-state index contributed by atoms with van der Waals surface area (Å²) in [5.74, 6) is -4.56.